The number of nitrogens with zero attached hydrogens (tertiary/aromatic N) is 1. The molecule has 1 aliphatic heterocycles. The van der Waals surface area contributed by atoms with Crippen molar-refractivity contribution < 1.29 is 9.59 Å². The molecule has 0 radical (unpaired) electrons. The Kier molecular flexibility index (Phi) is 6.21. The van der Waals surface area contributed by atoms with Crippen molar-refractivity contribution in [2.24, 2.45) is 0 Å². The summed E-state index contributed by atoms with van der Waals surface area (Å²) in [4.78, 5) is 24.8. The lowest BCUT2D eigenvalue weighted by Gasteiger charge is -2.19. The molecule has 0 aromatic rings. The largest absolute Gasteiger partial charge is 0.325 e. The number of terminal acetylenes is 1. The van der Waals surface area contributed by atoms with Gasteiger partial charge in [-0.2, -0.15) is 0 Å². The van der Waals surface area contributed by atoms with Crippen LogP contribution in [0.5, 0.6) is 0 Å². The Morgan fingerprint density at radius 2 is 2.33 bits per heavy atom. The summed E-state index contributed by atoms with van der Waals surface area (Å²) in [5.74, 6) is 2.71. The molecule has 0 aromatic carbocycles. The molecule has 0 spiro atoms. The summed E-state index contributed by atoms with van der Waals surface area (Å²) in [5, 5.41) is 0. The van der Waals surface area contributed by atoms with Crippen molar-refractivity contribution in [3.05, 3.63) is 12.2 Å². The standard InChI is InChI=1S/C15H21NO2/c1-3-5-6-7-14(17)10-8-13-9-11-15(18)16(13)12-4-2/h2,8,10,13H,3,5-7,9,11-12H2,1H3/b10-8+. The van der Waals surface area contributed by atoms with Crippen LogP contribution in [0.3, 0.4) is 0 Å². The topological polar surface area (TPSA) is 37.4 Å². The maximum absolute atomic E-state index is 11.6. The second kappa shape index (κ2) is 7.71. The van der Waals surface area contributed by atoms with Crippen LogP contribution in [-0.2, 0) is 9.59 Å². The molecule has 1 aliphatic rings. The van der Waals surface area contributed by atoms with Crippen LogP contribution in [0.4, 0.5) is 0 Å². The molecule has 1 amide bonds. The van der Waals surface area contributed by atoms with E-state index in [0.29, 0.717) is 19.4 Å². The Hall–Kier alpha value is -1.56. The lowest BCUT2D eigenvalue weighted by atomic mass is 10.1. The van der Waals surface area contributed by atoms with Gasteiger partial charge < -0.3 is 4.90 Å². The molecule has 1 atom stereocenters. The summed E-state index contributed by atoms with van der Waals surface area (Å²) in [6.07, 6.45) is 13.7. The average molecular weight is 247 g/mol. The minimum atomic E-state index is 0.00340. The number of hydrogen-bond donors (Lipinski definition) is 0. The van der Waals surface area contributed by atoms with Crippen molar-refractivity contribution in [2.75, 3.05) is 6.54 Å². The van der Waals surface area contributed by atoms with E-state index in [-0.39, 0.29) is 17.7 Å². The van der Waals surface area contributed by atoms with Gasteiger partial charge in [0.05, 0.1) is 12.6 Å². The first-order chi connectivity index (χ1) is 8.69. The number of ketones is 1. The quantitative estimate of drug-likeness (QED) is 0.393. The molecule has 0 bridgehead atoms. The van der Waals surface area contributed by atoms with E-state index in [1.165, 1.54) is 0 Å². The Morgan fingerprint density at radius 1 is 1.56 bits per heavy atom. The molecule has 18 heavy (non-hydrogen) atoms. The number of carbonyl (C=O) groups excluding carboxylic acids is 2. The molecule has 1 fully saturated rings. The van der Waals surface area contributed by atoms with Gasteiger partial charge in [-0.05, 0) is 18.9 Å². The van der Waals surface area contributed by atoms with Crippen molar-refractivity contribution in [1.82, 2.24) is 4.90 Å². The molecule has 0 aromatic heterocycles. The van der Waals surface area contributed by atoms with Crippen molar-refractivity contribution in [1.29, 1.82) is 0 Å². The summed E-state index contributed by atoms with van der Waals surface area (Å²) in [5.41, 5.74) is 0. The zero-order valence-electron chi connectivity index (χ0n) is 11.0. The van der Waals surface area contributed by atoms with Crippen LogP contribution in [-0.4, -0.2) is 29.2 Å². The van der Waals surface area contributed by atoms with Gasteiger partial charge in [0.15, 0.2) is 5.78 Å². The summed E-state index contributed by atoms with van der Waals surface area (Å²) < 4.78 is 0. The number of unbranched alkanes of at least 4 members (excludes halogenated alkanes) is 2. The monoisotopic (exact) mass is 247 g/mol. The third-order valence-electron chi connectivity index (χ3n) is 3.17. The van der Waals surface area contributed by atoms with Crippen LogP contribution in [0, 0.1) is 12.3 Å². The first-order valence-electron chi connectivity index (χ1n) is 6.63. The van der Waals surface area contributed by atoms with Gasteiger partial charge in [0, 0.05) is 12.8 Å². The molecule has 3 heteroatoms. The van der Waals surface area contributed by atoms with Crippen LogP contribution in [0.25, 0.3) is 0 Å². The first-order valence-corrected chi connectivity index (χ1v) is 6.63. The number of allylic oxidation sites excluding steroid dienone is 1. The van der Waals surface area contributed by atoms with Crippen molar-refractivity contribution in [3.63, 3.8) is 0 Å². The van der Waals surface area contributed by atoms with E-state index in [0.717, 1.165) is 25.7 Å². The van der Waals surface area contributed by atoms with Gasteiger partial charge in [-0.25, -0.2) is 0 Å². The zero-order valence-corrected chi connectivity index (χ0v) is 11.0. The van der Waals surface area contributed by atoms with Gasteiger partial charge in [-0.3, -0.25) is 9.59 Å². The van der Waals surface area contributed by atoms with E-state index in [2.05, 4.69) is 12.8 Å². The third kappa shape index (κ3) is 4.37. The maximum Gasteiger partial charge on any atom is 0.223 e. The minimum absolute atomic E-state index is 0.00340. The molecular weight excluding hydrogens is 226 g/mol. The van der Waals surface area contributed by atoms with Crippen molar-refractivity contribution >= 4 is 11.7 Å². The lowest BCUT2D eigenvalue weighted by Crippen LogP contribution is -2.32. The predicted molar refractivity (Wildman–Crippen MR) is 71.9 cm³/mol. The average Bonchev–Trinajstić information content (AvgIpc) is 2.69. The van der Waals surface area contributed by atoms with Gasteiger partial charge in [-0.15, -0.1) is 6.42 Å². The second-order valence-electron chi connectivity index (χ2n) is 4.61. The number of likely N-dealkylation sites (tertiary alicyclic amines) is 1. The van der Waals surface area contributed by atoms with E-state index in [1.54, 1.807) is 11.0 Å². The van der Waals surface area contributed by atoms with Gasteiger partial charge >= 0.3 is 0 Å². The molecule has 1 heterocycles. The minimum Gasteiger partial charge on any atom is -0.325 e. The number of rotatable bonds is 7. The third-order valence-corrected chi connectivity index (χ3v) is 3.17. The second-order valence-corrected chi connectivity index (χ2v) is 4.61. The molecule has 0 saturated carbocycles. The highest BCUT2D eigenvalue weighted by Gasteiger charge is 2.28. The summed E-state index contributed by atoms with van der Waals surface area (Å²) in [6, 6.07) is 0.00340. The number of hydrogen-bond acceptors (Lipinski definition) is 2. The summed E-state index contributed by atoms with van der Waals surface area (Å²) in [6.45, 7) is 2.44. The molecule has 1 unspecified atom stereocenters. The van der Waals surface area contributed by atoms with Crippen LogP contribution < -0.4 is 0 Å². The Labute approximate surface area is 109 Å². The van der Waals surface area contributed by atoms with Crippen LogP contribution in [0.1, 0.15) is 45.4 Å². The van der Waals surface area contributed by atoms with Crippen LogP contribution in [0.2, 0.25) is 0 Å². The number of carbonyl (C=O) groups is 2. The van der Waals surface area contributed by atoms with E-state index < -0.39 is 0 Å². The molecule has 0 N–H and O–H groups in total. The van der Waals surface area contributed by atoms with Gasteiger partial charge in [-0.1, -0.05) is 31.8 Å². The smallest absolute Gasteiger partial charge is 0.223 e. The fourth-order valence-electron chi connectivity index (χ4n) is 2.11. The lowest BCUT2D eigenvalue weighted by molar-refractivity contribution is -0.127. The van der Waals surface area contributed by atoms with E-state index in [1.807, 2.05) is 6.08 Å². The van der Waals surface area contributed by atoms with E-state index in [9.17, 15) is 9.59 Å². The van der Waals surface area contributed by atoms with Crippen molar-refractivity contribution in [2.45, 2.75) is 51.5 Å². The zero-order chi connectivity index (χ0) is 13.4. The maximum atomic E-state index is 11.6. The highest BCUT2D eigenvalue weighted by Crippen LogP contribution is 2.19. The van der Waals surface area contributed by atoms with Crippen molar-refractivity contribution in [3.8, 4) is 12.3 Å². The summed E-state index contributed by atoms with van der Waals surface area (Å²) in [7, 11) is 0. The van der Waals surface area contributed by atoms with Crippen LogP contribution >= 0.6 is 0 Å². The summed E-state index contributed by atoms with van der Waals surface area (Å²) >= 11 is 0. The fraction of sp³-hybridized carbons (Fsp3) is 0.600. The molecular formula is C15H21NO2. The van der Waals surface area contributed by atoms with Gasteiger partial charge in [0.1, 0.15) is 0 Å². The molecule has 3 nitrogen and oxygen atoms in total. The number of amides is 1. The normalized spacial score (nSPS) is 19.4. The highest BCUT2D eigenvalue weighted by atomic mass is 16.2. The Bertz CT molecular complexity index is 365. The van der Waals surface area contributed by atoms with E-state index in [4.69, 9.17) is 6.42 Å². The predicted octanol–water partition coefficient (Wildman–Crippen LogP) is 2.32. The van der Waals surface area contributed by atoms with Gasteiger partial charge in [0.25, 0.3) is 0 Å². The molecule has 98 valence electrons. The van der Waals surface area contributed by atoms with E-state index >= 15 is 0 Å². The SMILES string of the molecule is C#CCN1C(=O)CCC1/C=C/C(=O)CCCCC. The highest BCUT2D eigenvalue weighted by molar-refractivity contribution is 5.90. The molecule has 0 aliphatic carbocycles. The van der Waals surface area contributed by atoms with Crippen LogP contribution in [0.15, 0.2) is 12.2 Å². The Morgan fingerprint density at radius 3 is 3.00 bits per heavy atom. The molecule has 1 rings (SSSR count). The first kappa shape index (κ1) is 14.5. The fourth-order valence-corrected chi connectivity index (χ4v) is 2.11. The molecule has 1 saturated heterocycles. The van der Waals surface area contributed by atoms with Gasteiger partial charge in [0.2, 0.25) is 5.91 Å². The Balaban J connectivity index is 2.43.